The zero-order chi connectivity index (χ0) is 27.3. The fraction of sp³-hybridized carbons (Fsp3) is 0.364. The number of carbonyl (C=O) groups is 1. The van der Waals surface area contributed by atoms with Gasteiger partial charge in [-0.2, -0.15) is 4.98 Å². The van der Waals surface area contributed by atoms with Gasteiger partial charge in [-0.1, -0.05) is 0 Å². The molecule has 15 heteroatoms. The highest BCUT2D eigenvalue weighted by Gasteiger charge is 2.39. The molecule has 1 aliphatic rings. The summed E-state index contributed by atoms with van der Waals surface area (Å²) in [4.78, 5) is 21.9. The Morgan fingerprint density at radius 1 is 1.19 bits per heavy atom. The van der Waals surface area contributed by atoms with Crippen molar-refractivity contribution in [2.24, 2.45) is 0 Å². The van der Waals surface area contributed by atoms with E-state index in [9.17, 15) is 26.0 Å². The van der Waals surface area contributed by atoms with E-state index in [-0.39, 0.29) is 28.3 Å². The molecule has 200 valence electrons. The van der Waals surface area contributed by atoms with Gasteiger partial charge >= 0.3 is 0 Å². The highest BCUT2D eigenvalue weighted by atomic mass is 32.2. The van der Waals surface area contributed by atoms with Crippen LogP contribution >= 0.6 is 0 Å². The average molecular weight is 560 g/mol. The largest absolute Gasteiger partial charge is 0.437 e. The molecule has 0 fully saturated rings. The number of carbonyl (C=O) groups excluding carboxylic acids is 1. The second-order valence-electron chi connectivity index (χ2n) is 8.58. The predicted molar refractivity (Wildman–Crippen MR) is 129 cm³/mol. The lowest BCUT2D eigenvalue weighted by Crippen LogP contribution is -2.40. The lowest BCUT2D eigenvalue weighted by molar-refractivity contribution is 0.0177. The Balaban J connectivity index is 2.03. The fourth-order valence-electron chi connectivity index (χ4n) is 4.20. The minimum absolute atomic E-state index is 0.162. The molecule has 0 aliphatic carbocycles. The minimum Gasteiger partial charge on any atom is -0.437 e. The van der Waals surface area contributed by atoms with Crippen molar-refractivity contribution < 1.29 is 44.4 Å². The van der Waals surface area contributed by atoms with Crippen LogP contribution in [0.5, 0.6) is 0 Å². The molecule has 0 unspecified atom stereocenters. The van der Waals surface area contributed by atoms with E-state index in [1.54, 1.807) is 0 Å². The number of fused-ring (bicyclic) bond motifs is 2. The summed E-state index contributed by atoms with van der Waals surface area (Å²) in [7, 11) is -6.52. The van der Waals surface area contributed by atoms with Gasteiger partial charge in [0.2, 0.25) is 15.7 Å². The molecule has 0 bridgehead atoms. The number of nitrogens with one attached hydrogen (secondary N) is 1. The van der Waals surface area contributed by atoms with Crippen LogP contribution in [0, 0.1) is 11.6 Å². The Morgan fingerprint density at radius 2 is 1.84 bits per heavy atom. The van der Waals surface area contributed by atoms with Crippen LogP contribution < -0.4 is 9.79 Å². The first-order valence-corrected chi connectivity index (χ1v) is 14.7. The lowest BCUT2D eigenvalue weighted by Gasteiger charge is -2.23. The number of sulfone groups is 1. The standard InChI is InChI=1S/C22H23F2N3O8S2/c1-11-15-18(24)16-17(21(28)26-33-2)19(12-5-7-13(23)8-6-12)35-22(16)25-20(15)27(37(4,31)32)9-14(34-11)10-36(3,29)30/h5-8,11,14H,9-10H2,1-4H3,(H,26,28)/t11-,14-/m0/s1. The van der Waals surface area contributed by atoms with Gasteiger partial charge in [-0.3, -0.25) is 13.9 Å². The van der Waals surface area contributed by atoms with Gasteiger partial charge in [-0.25, -0.2) is 31.1 Å². The summed E-state index contributed by atoms with van der Waals surface area (Å²) in [6.07, 6.45) is -0.468. The van der Waals surface area contributed by atoms with Crippen molar-refractivity contribution in [1.82, 2.24) is 10.5 Å². The third-order valence-corrected chi connectivity index (χ3v) is 7.72. The van der Waals surface area contributed by atoms with E-state index in [4.69, 9.17) is 9.15 Å². The summed E-state index contributed by atoms with van der Waals surface area (Å²) in [5.41, 5.74) is 1.24. The zero-order valence-corrected chi connectivity index (χ0v) is 21.7. The number of hydroxylamine groups is 1. The van der Waals surface area contributed by atoms with Crippen LogP contribution in [0.2, 0.25) is 0 Å². The van der Waals surface area contributed by atoms with Gasteiger partial charge in [0, 0.05) is 11.8 Å². The molecule has 3 heterocycles. The lowest BCUT2D eigenvalue weighted by atomic mass is 10.0. The van der Waals surface area contributed by atoms with Crippen LogP contribution in [0.4, 0.5) is 14.6 Å². The first-order chi connectivity index (χ1) is 17.2. The van der Waals surface area contributed by atoms with E-state index < -0.39 is 73.0 Å². The third-order valence-electron chi connectivity index (χ3n) is 5.62. The maximum atomic E-state index is 16.3. The van der Waals surface area contributed by atoms with Gasteiger partial charge in [-0.15, -0.1) is 0 Å². The summed E-state index contributed by atoms with van der Waals surface area (Å²) in [6.45, 7) is 0.954. The van der Waals surface area contributed by atoms with E-state index in [1.165, 1.54) is 26.2 Å². The molecule has 2 aromatic heterocycles. The normalized spacial score (nSPS) is 18.5. The summed E-state index contributed by atoms with van der Waals surface area (Å²) >= 11 is 0. The van der Waals surface area contributed by atoms with Crippen molar-refractivity contribution in [1.29, 1.82) is 0 Å². The molecule has 0 saturated carbocycles. The van der Waals surface area contributed by atoms with Crippen molar-refractivity contribution >= 4 is 42.7 Å². The van der Waals surface area contributed by atoms with E-state index in [2.05, 4.69) is 15.3 Å². The molecule has 37 heavy (non-hydrogen) atoms. The van der Waals surface area contributed by atoms with E-state index in [1.807, 2.05) is 0 Å². The van der Waals surface area contributed by atoms with Crippen LogP contribution in [0.25, 0.3) is 22.4 Å². The maximum Gasteiger partial charge on any atom is 0.279 e. The number of anilines is 1. The van der Waals surface area contributed by atoms with Crippen LogP contribution in [0.15, 0.2) is 28.7 Å². The van der Waals surface area contributed by atoms with Gasteiger partial charge in [0.05, 0.1) is 48.8 Å². The number of rotatable bonds is 6. The topological polar surface area (TPSA) is 145 Å². The number of aromatic nitrogens is 1. The predicted octanol–water partition coefficient (Wildman–Crippen LogP) is 2.33. The Labute approximate surface area is 211 Å². The van der Waals surface area contributed by atoms with Crippen molar-refractivity contribution in [2.75, 3.05) is 36.2 Å². The Bertz CT molecular complexity index is 1590. The number of pyridine rings is 1. The Kier molecular flexibility index (Phi) is 7.00. The third kappa shape index (κ3) is 5.30. The number of nitrogens with zero attached hydrogens (tertiary/aromatic N) is 2. The molecule has 0 spiro atoms. The first-order valence-electron chi connectivity index (χ1n) is 10.8. The van der Waals surface area contributed by atoms with Gasteiger partial charge in [-0.05, 0) is 31.2 Å². The summed E-state index contributed by atoms with van der Waals surface area (Å²) < 4.78 is 91.2. The zero-order valence-electron chi connectivity index (χ0n) is 20.1. The molecule has 0 radical (unpaired) electrons. The molecule has 0 saturated heterocycles. The molecule has 1 aliphatic heterocycles. The van der Waals surface area contributed by atoms with Crippen LogP contribution in [-0.4, -0.2) is 65.7 Å². The van der Waals surface area contributed by atoms with Gasteiger partial charge in [0.1, 0.15) is 27.0 Å². The number of sulfonamides is 1. The van der Waals surface area contributed by atoms with Crippen LogP contribution in [0.1, 0.15) is 28.9 Å². The highest BCUT2D eigenvalue weighted by Crippen LogP contribution is 2.42. The SMILES string of the molecule is CONC(=O)c1c(-c2ccc(F)cc2)oc2nc3c(c(F)c12)[C@H](C)O[C@H](CS(C)(=O)=O)CN3S(C)(=O)=O. The second-order valence-corrected chi connectivity index (χ2v) is 12.7. The Morgan fingerprint density at radius 3 is 2.41 bits per heavy atom. The fourth-order valence-corrected chi connectivity index (χ4v) is 5.95. The molecule has 1 N–H and O–H groups in total. The molecule has 1 amide bonds. The number of furan rings is 1. The molecule has 3 aromatic rings. The minimum atomic E-state index is -4.10. The number of benzene rings is 1. The van der Waals surface area contributed by atoms with Crippen molar-refractivity contribution in [3.63, 3.8) is 0 Å². The van der Waals surface area contributed by atoms with Crippen molar-refractivity contribution in [2.45, 2.75) is 19.1 Å². The summed E-state index contributed by atoms with van der Waals surface area (Å²) in [5.74, 6) is -3.57. The van der Waals surface area contributed by atoms with Gasteiger partial charge in [0.25, 0.3) is 5.91 Å². The second kappa shape index (κ2) is 9.63. The van der Waals surface area contributed by atoms with E-state index in [0.717, 1.165) is 28.9 Å². The average Bonchev–Trinajstić information content (AvgIpc) is 3.09. The number of hydrogen-bond donors (Lipinski definition) is 1. The molecule has 4 rings (SSSR count). The smallest absolute Gasteiger partial charge is 0.279 e. The number of amides is 1. The molecule has 1 aromatic carbocycles. The van der Waals surface area contributed by atoms with E-state index >= 15 is 4.39 Å². The van der Waals surface area contributed by atoms with Crippen molar-refractivity contribution in [3.8, 4) is 11.3 Å². The summed E-state index contributed by atoms with van der Waals surface area (Å²) in [6, 6.07) is 4.85. The molecular weight excluding hydrogens is 536 g/mol. The van der Waals surface area contributed by atoms with Crippen LogP contribution in [-0.2, 0) is 29.4 Å². The number of halogens is 2. The van der Waals surface area contributed by atoms with Crippen LogP contribution in [0.3, 0.4) is 0 Å². The first kappa shape index (κ1) is 26.9. The molecular formula is C22H23F2N3O8S2. The number of hydrogen-bond acceptors (Lipinski definition) is 9. The number of ether oxygens (including phenoxy) is 1. The molecule has 11 nitrogen and oxygen atoms in total. The quantitative estimate of drug-likeness (QED) is 0.450. The summed E-state index contributed by atoms with van der Waals surface area (Å²) in [5, 5.41) is -0.391. The Hall–Kier alpha value is -3.14. The molecule has 2 atom stereocenters. The monoisotopic (exact) mass is 559 g/mol. The van der Waals surface area contributed by atoms with Gasteiger partial charge < -0.3 is 9.15 Å². The maximum absolute atomic E-state index is 16.3. The van der Waals surface area contributed by atoms with Crippen molar-refractivity contribution in [3.05, 3.63) is 47.0 Å². The highest BCUT2D eigenvalue weighted by molar-refractivity contribution is 7.92. The van der Waals surface area contributed by atoms with E-state index in [0.29, 0.717) is 0 Å². The van der Waals surface area contributed by atoms with Gasteiger partial charge in [0.15, 0.2) is 11.6 Å².